The van der Waals surface area contributed by atoms with Gasteiger partial charge in [-0.25, -0.2) is 9.59 Å². The van der Waals surface area contributed by atoms with Gasteiger partial charge < -0.3 is 26.4 Å². The maximum Gasteiger partial charge on any atom is 0.326 e. The Balaban J connectivity index is 1.98. The Hall–Kier alpha value is -3.10. The van der Waals surface area contributed by atoms with E-state index < -0.39 is 24.1 Å². The summed E-state index contributed by atoms with van der Waals surface area (Å²) >= 11 is 0. The number of aliphatic carboxylic acids is 1. The van der Waals surface area contributed by atoms with Gasteiger partial charge in [-0.2, -0.15) is 0 Å². The summed E-state index contributed by atoms with van der Waals surface area (Å²) in [4.78, 5) is 36.8. The van der Waals surface area contributed by atoms with E-state index in [0.29, 0.717) is 24.2 Å². The molecule has 1 aliphatic heterocycles. The third-order valence-corrected chi connectivity index (χ3v) is 4.01. The van der Waals surface area contributed by atoms with E-state index in [1.165, 1.54) is 4.90 Å². The average molecular weight is 347 g/mol. The van der Waals surface area contributed by atoms with Crippen LogP contribution in [0, 0.1) is 5.41 Å². The molecule has 0 unspecified atom stereocenters. The molecule has 0 saturated carbocycles. The standard InChI is InChI=1S/C16H21N5O4/c1-2-11(15(23)24)19-16(25)20-12-7-8-21(14(12)22)10-5-3-9(4-6-10)13(17)18/h3-6,11-12H,2,7-8H2,1H3,(H3,17,18)(H,23,24)(H2,19,20,25)/t11-,12+/m1/s1. The normalized spacial score (nSPS) is 17.9. The highest BCUT2D eigenvalue weighted by atomic mass is 16.4. The number of nitrogens with zero attached hydrogens (tertiary/aromatic N) is 1. The van der Waals surface area contributed by atoms with E-state index in [1.807, 2.05) is 0 Å². The zero-order chi connectivity index (χ0) is 18.6. The quantitative estimate of drug-likeness (QED) is 0.369. The molecule has 3 amide bonds. The number of anilines is 1. The molecule has 1 aliphatic rings. The molecule has 9 heteroatoms. The molecule has 0 radical (unpaired) electrons. The summed E-state index contributed by atoms with van der Waals surface area (Å²) in [5.41, 5.74) is 6.61. The van der Waals surface area contributed by atoms with Crippen LogP contribution in [0.15, 0.2) is 24.3 Å². The van der Waals surface area contributed by atoms with E-state index >= 15 is 0 Å². The lowest BCUT2D eigenvalue weighted by Gasteiger charge is -2.18. The smallest absolute Gasteiger partial charge is 0.326 e. The number of carboxylic acids is 1. The van der Waals surface area contributed by atoms with Gasteiger partial charge in [-0.05, 0) is 37.1 Å². The Morgan fingerprint density at radius 2 is 2.04 bits per heavy atom. The SMILES string of the molecule is CC[C@@H](NC(=O)N[C@H]1CCN(c2ccc(C(=N)N)cc2)C1=O)C(=O)O. The lowest BCUT2D eigenvalue weighted by atomic mass is 10.2. The number of hydrogen-bond donors (Lipinski definition) is 5. The molecule has 0 bridgehead atoms. The van der Waals surface area contributed by atoms with Crippen LogP contribution < -0.4 is 21.3 Å². The summed E-state index contributed by atoms with van der Waals surface area (Å²) in [5, 5.41) is 21.2. The molecule has 0 spiro atoms. The summed E-state index contributed by atoms with van der Waals surface area (Å²) in [7, 11) is 0. The number of carbonyl (C=O) groups excluding carboxylic acids is 2. The summed E-state index contributed by atoms with van der Waals surface area (Å²) in [5.74, 6) is -1.45. The molecular formula is C16H21N5O4. The minimum absolute atomic E-state index is 0.0561. The predicted octanol–water partition coefficient (Wildman–Crippen LogP) is 0.238. The summed E-state index contributed by atoms with van der Waals surface area (Å²) in [6.45, 7) is 2.07. The zero-order valence-electron chi connectivity index (χ0n) is 13.8. The van der Waals surface area contributed by atoms with Gasteiger partial charge in [-0.1, -0.05) is 6.92 Å². The van der Waals surface area contributed by atoms with Crippen LogP contribution in [0.4, 0.5) is 10.5 Å². The Morgan fingerprint density at radius 1 is 1.40 bits per heavy atom. The van der Waals surface area contributed by atoms with Crippen molar-refractivity contribution in [3.05, 3.63) is 29.8 Å². The molecule has 1 aromatic carbocycles. The van der Waals surface area contributed by atoms with Crippen molar-refractivity contribution in [2.24, 2.45) is 5.73 Å². The highest BCUT2D eigenvalue weighted by molar-refractivity contribution is 6.02. The van der Waals surface area contributed by atoms with E-state index in [0.717, 1.165) is 0 Å². The molecule has 0 aromatic heterocycles. The molecule has 6 N–H and O–H groups in total. The van der Waals surface area contributed by atoms with Gasteiger partial charge in [0.15, 0.2) is 0 Å². The number of amides is 3. The Kier molecular flexibility index (Phi) is 5.58. The second kappa shape index (κ2) is 7.65. The second-order valence-corrected chi connectivity index (χ2v) is 5.71. The maximum atomic E-state index is 12.4. The van der Waals surface area contributed by atoms with E-state index in [9.17, 15) is 14.4 Å². The van der Waals surface area contributed by atoms with Crippen LogP contribution in [0.3, 0.4) is 0 Å². The predicted molar refractivity (Wildman–Crippen MR) is 91.6 cm³/mol. The van der Waals surface area contributed by atoms with Gasteiger partial charge in [0.2, 0.25) is 5.91 Å². The third-order valence-electron chi connectivity index (χ3n) is 4.01. The van der Waals surface area contributed by atoms with Gasteiger partial charge in [0.1, 0.15) is 17.9 Å². The molecule has 2 rings (SSSR count). The van der Waals surface area contributed by atoms with Crippen LogP contribution in [0.25, 0.3) is 0 Å². The highest BCUT2D eigenvalue weighted by Crippen LogP contribution is 2.22. The Bertz CT molecular complexity index is 688. The van der Waals surface area contributed by atoms with Crippen molar-refractivity contribution in [2.75, 3.05) is 11.4 Å². The molecule has 1 saturated heterocycles. The summed E-state index contributed by atoms with van der Waals surface area (Å²) < 4.78 is 0. The van der Waals surface area contributed by atoms with Crippen LogP contribution in [0.2, 0.25) is 0 Å². The van der Waals surface area contributed by atoms with Gasteiger partial charge in [0, 0.05) is 17.8 Å². The molecule has 9 nitrogen and oxygen atoms in total. The highest BCUT2D eigenvalue weighted by Gasteiger charge is 2.34. The molecule has 1 heterocycles. The minimum atomic E-state index is -1.12. The topological polar surface area (TPSA) is 149 Å². The first kappa shape index (κ1) is 18.2. The number of hydrogen-bond acceptors (Lipinski definition) is 4. The van der Waals surface area contributed by atoms with Crippen molar-refractivity contribution >= 4 is 29.4 Å². The summed E-state index contributed by atoms with van der Waals surface area (Å²) in [6, 6.07) is 4.30. The number of benzene rings is 1. The van der Waals surface area contributed by atoms with Crippen molar-refractivity contribution in [3.63, 3.8) is 0 Å². The molecule has 25 heavy (non-hydrogen) atoms. The molecule has 0 aliphatic carbocycles. The van der Waals surface area contributed by atoms with E-state index in [2.05, 4.69) is 10.6 Å². The number of nitrogen functional groups attached to an aromatic ring is 1. The van der Waals surface area contributed by atoms with Crippen LogP contribution in [-0.4, -0.2) is 47.5 Å². The number of urea groups is 1. The van der Waals surface area contributed by atoms with Gasteiger partial charge in [-0.3, -0.25) is 10.2 Å². The van der Waals surface area contributed by atoms with Gasteiger partial charge in [-0.15, -0.1) is 0 Å². The fourth-order valence-electron chi connectivity index (χ4n) is 2.59. The van der Waals surface area contributed by atoms with Crippen molar-refractivity contribution in [1.82, 2.24) is 10.6 Å². The first-order valence-corrected chi connectivity index (χ1v) is 7.89. The average Bonchev–Trinajstić information content (AvgIpc) is 2.93. The van der Waals surface area contributed by atoms with Crippen LogP contribution in [0.5, 0.6) is 0 Å². The van der Waals surface area contributed by atoms with Crippen molar-refractivity contribution < 1.29 is 19.5 Å². The first-order valence-electron chi connectivity index (χ1n) is 7.89. The number of nitrogens with one attached hydrogen (secondary N) is 3. The van der Waals surface area contributed by atoms with Crippen molar-refractivity contribution in [2.45, 2.75) is 31.8 Å². The maximum absolute atomic E-state index is 12.4. The van der Waals surface area contributed by atoms with Gasteiger partial charge >= 0.3 is 12.0 Å². The van der Waals surface area contributed by atoms with Crippen LogP contribution >= 0.6 is 0 Å². The van der Waals surface area contributed by atoms with E-state index in [-0.39, 0.29) is 18.2 Å². The number of rotatable bonds is 6. The van der Waals surface area contributed by atoms with E-state index in [4.69, 9.17) is 16.2 Å². The molecular weight excluding hydrogens is 326 g/mol. The monoisotopic (exact) mass is 347 g/mol. The molecule has 1 aromatic rings. The lowest BCUT2D eigenvalue weighted by Crippen LogP contribution is -2.50. The summed E-state index contributed by atoms with van der Waals surface area (Å²) in [6.07, 6.45) is 0.667. The lowest BCUT2D eigenvalue weighted by molar-refractivity contribution is -0.139. The van der Waals surface area contributed by atoms with Crippen molar-refractivity contribution in [3.8, 4) is 0 Å². The number of carbonyl (C=O) groups is 3. The molecule has 1 fully saturated rings. The van der Waals surface area contributed by atoms with Gasteiger partial charge in [0.25, 0.3) is 0 Å². The molecule has 134 valence electrons. The minimum Gasteiger partial charge on any atom is -0.480 e. The third kappa shape index (κ3) is 4.25. The number of nitrogens with two attached hydrogens (primary N) is 1. The van der Waals surface area contributed by atoms with Crippen molar-refractivity contribution in [1.29, 1.82) is 5.41 Å². The zero-order valence-corrected chi connectivity index (χ0v) is 13.8. The fourth-order valence-corrected chi connectivity index (χ4v) is 2.59. The molecule has 2 atom stereocenters. The Labute approximate surface area is 144 Å². The number of amidine groups is 1. The van der Waals surface area contributed by atoms with E-state index in [1.54, 1.807) is 31.2 Å². The number of carboxylic acid groups (broad SMARTS) is 1. The first-order chi connectivity index (χ1) is 11.8. The van der Waals surface area contributed by atoms with Crippen LogP contribution in [0.1, 0.15) is 25.3 Å². The van der Waals surface area contributed by atoms with Gasteiger partial charge in [0.05, 0.1) is 0 Å². The fraction of sp³-hybridized carbons (Fsp3) is 0.375. The Morgan fingerprint density at radius 3 is 2.56 bits per heavy atom. The largest absolute Gasteiger partial charge is 0.480 e. The second-order valence-electron chi connectivity index (χ2n) is 5.71. The van der Waals surface area contributed by atoms with Crippen LogP contribution in [-0.2, 0) is 9.59 Å².